The predicted molar refractivity (Wildman–Crippen MR) is 139 cm³/mol. The zero-order valence-corrected chi connectivity index (χ0v) is 22.1. The number of nitrogens with one attached hydrogen (secondary N) is 1. The fraction of sp³-hybridized carbons (Fsp3) is 0.414. The highest BCUT2D eigenvalue weighted by Crippen LogP contribution is 2.49. The molecule has 0 radical (unpaired) electrons. The van der Waals surface area contributed by atoms with E-state index in [1.54, 1.807) is 13.8 Å². The Morgan fingerprint density at radius 1 is 1.06 bits per heavy atom. The molecule has 2 aliphatic rings. The number of esters is 2. The van der Waals surface area contributed by atoms with Crippen LogP contribution in [0.4, 0.5) is 0 Å². The average molecular weight is 508 g/mol. The van der Waals surface area contributed by atoms with E-state index in [2.05, 4.69) is 12.2 Å². The largest absolute Gasteiger partial charge is 0.465 e. The van der Waals surface area contributed by atoms with Crippen LogP contribution in [0.3, 0.4) is 0 Å². The summed E-state index contributed by atoms with van der Waals surface area (Å²) in [6, 6.07) is 11.8. The lowest BCUT2D eigenvalue weighted by molar-refractivity contribution is -0.152. The summed E-state index contributed by atoms with van der Waals surface area (Å²) < 4.78 is 10.9. The number of dihydropyridines is 1. The van der Waals surface area contributed by atoms with E-state index in [4.69, 9.17) is 9.47 Å². The molecule has 2 heterocycles. The standard InChI is InChI=1S/C29H33NO5S/c1-5-9-20-26(29(33)35-7-3)23(18-13-11-17(4)12-14-18)25-21(30-20)16-19(22-10-8-15-36-22)24(27(25)31)28(32)34-6-2/h8,10-15,19,23-24,30H,5-7,9,16H2,1-4H3. The fourth-order valence-electron chi connectivity index (χ4n) is 5.21. The van der Waals surface area contributed by atoms with Gasteiger partial charge in [0.15, 0.2) is 5.78 Å². The van der Waals surface area contributed by atoms with Crippen LogP contribution in [0, 0.1) is 12.8 Å². The maximum atomic E-state index is 14.3. The van der Waals surface area contributed by atoms with Crippen LogP contribution in [0.1, 0.15) is 67.9 Å². The summed E-state index contributed by atoms with van der Waals surface area (Å²) in [7, 11) is 0. The van der Waals surface area contributed by atoms with E-state index in [9.17, 15) is 14.4 Å². The zero-order chi connectivity index (χ0) is 25.8. The molecule has 6 nitrogen and oxygen atoms in total. The van der Waals surface area contributed by atoms with Gasteiger partial charge in [0.2, 0.25) is 0 Å². The molecule has 3 unspecified atom stereocenters. The SMILES string of the molecule is CCCC1=C(C(=O)OCC)C(c2ccc(C)cc2)C2=C(CC(c3cccs3)C(C(=O)OCC)C2=O)N1. The number of thiophene rings is 1. The van der Waals surface area contributed by atoms with Gasteiger partial charge in [-0.15, -0.1) is 11.3 Å². The Labute approximate surface area is 216 Å². The molecule has 36 heavy (non-hydrogen) atoms. The minimum Gasteiger partial charge on any atom is -0.465 e. The maximum Gasteiger partial charge on any atom is 0.336 e. The van der Waals surface area contributed by atoms with Gasteiger partial charge in [0.05, 0.1) is 18.8 Å². The summed E-state index contributed by atoms with van der Waals surface area (Å²) in [6.07, 6.45) is 1.95. The number of ketones is 1. The lowest BCUT2D eigenvalue weighted by atomic mass is 9.68. The summed E-state index contributed by atoms with van der Waals surface area (Å²) >= 11 is 1.54. The van der Waals surface area contributed by atoms with E-state index < -0.39 is 23.8 Å². The van der Waals surface area contributed by atoms with Crippen molar-refractivity contribution in [1.82, 2.24) is 5.32 Å². The average Bonchev–Trinajstić information content (AvgIpc) is 3.39. The molecule has 1 N–H and O–H groups in total. The molecule has 0 amide bonds. The summed E-state index contributed by atoms with van der Waals surface area (Å²) in [5.41, 5.74) is 4.39. The summed E-state index contributed by atoms with van der Waals surface area (Å²) in [4.78, 5) is 41.7. The summed E-state index contributed by atoms with van der Waals surface area (Å²) in [6.45, 7) is 7.99. The van der Waals surface area contributed by atoms with Crippen LogP contribution in [-0.4, -0.2) is 30.9 Å². The van der Waals surface area contributed by atoms with Crippen LogP contribution in [0.2, 0.25) is 0 Å². The molecule has 0 fully saturated rings. The number of hydrogen-bond acceptors (Lipinski definition) is 7. The molecule has 2 aromatic rings. The van der Waals surface area contributed by atoms with Crippen molar-refractivity contribution in [2.45, 2.75) is 58.8 Å². The van der Waals surface area contributed by atoms with Gasteiger partial charge in [0.25, 0.3) is 0 Å². The van der Waals surface area contributed by atoms with E-state index in [1.807, 2.05) is 48.7 Å². The van der Waals surface area contributed by atoms with E-state index in [1.165, 1.54) is 11.3 Å². The van der Waals surface area contributed by atoms with Crippen LogP contribution in [0.5, 0.6) is 0 Å². The second-order valence-electron chi connectivity index (χ2n) is 9.14. The second kappa shape index (κ2) is 11.2. The van der Waals surface area contributed by atoms with E-state index in [-0.39, 0.29) is 24.9 Å². The topological polar surface area (TPSA) is 81.7 Å². The second-order valence-corrected chi connectivity index (χ2v) is 10.1. The minimum atomic E-state index is -0.965. The number of Topliss-reactive ketones (excluding diaryl/α,β-unsaturated/α-hetero) is 1. The molecule has 0 spiro atoms. The quantitative estimate of drug-likeness (QED) is 0.373. The van der Waals surface area contributed by atoms with Crippen LogP contribution < -0.4 is 5.32 Å². The van der Waals surface area contributed by atoms with Crippen molar-refractivity contribution in [2.75, 3.05) is 13.2 Å². The highest BCUT2D eigenvalue weighted by molar-refractivity contribution is 7.10. The van der Waals surface area contributed by atoms with Gasteiger partial charge in [-0.25, -0.2) is 4.79 Å². The lowest BCUT2D eigenvalue weighted by Crippen LogP contribution is -2.43. The first kappa shape index (κ1) is 25.9. The summed E-state index contributed by atoms with van der Waals surface area (Å²) in [5.74, 6) is -3.15. The molecule has 3 atom stereocenters. The first-order valence-electron chi connectivity index (χ1n) is 12.6. The van der Waals surface area contributed by atoms with Crippen molar-refractivity contribution in [3.05, 3.63) is 80.3 Å². The van der Waals surface area contributed by atoms with E-state index >= 15 is 0 Å². The van der Waals surface area contributed by atoms with Crippen LogP contribution in [0.15, 0.2) is 64.3 Å². The van der Waals surface area contributed by atoms with Crippen molar-refractivity contribution >= 4 is 29.1 Å². The Kier molecular flexibility index (Phi) is 8.09. The van der Waals surface area contributed by atoms with Gasteiger partial charge in [0, 0.05) is 33.7 Å². The molecular weight excluding hydrogens is 474 g/mol. The zero-order valence-electron chi connectivity index (χ0n) is 21.3. The van der Waals surface area contributed by atoms with Crippen molar-refractivity contribution in [2.24, 2.45) is 5.92 Å². The van der Waals surface area contributed by atoms with Crippen molar-refractivity contribution in [1.29, 1.82) is 0 Å². The molecule has 7 heteroatoms. The third-order valence-electron chi connectivity index (χ3n) is 6.76. The number of carbonyl (C=O) groups is 3. The molecule has 1 aliphatic carbocycles. The molecule has 0 saturated carbocycles. The van der Waals surface area contributed by atoms with Crippen LogP contribution >= 0.6 is 11.3 Å². The summed E-state index contributed by atoms with van der Waals surface area (Å²) in [5, 5.41) is 5.42. The third-order valence-corrected chi connectivity index (χ3v) is 7.76. The van der Waals surface area contributed by atoms with E-state index in [0.29, 0.717) is 24.0 Å². The molecule has 0 bridgehead atoms. The van der Waals surface area contributed by atoms with Gasteiger partial charge in [0.1, 0.15) is 5.92 Å². The first-order chi connectivity index (χ1) is 17.4. The van der Waals surface area contributed by atoms with Gasteiger partial charge in [-0.1, -0.05) is 49.2 Å². The molecule has 4 rings (SSSR count). The highest BCUT2D eigenvalue weighted by atomic mass is 32.1. The maximum absolute atomic E-state index is 14.3. The Bertz CT molecular complexity index is 1190. The monoisotopic (exact) mass is 507 g/mol. The van der Waals surface area contributed by atoms with E-state index in [0.717, 1.165) is 33.8 Å². The minimum absolute atomic E-state index is 0.194. The molecular formula is C29H33NO5S. The molecule has 190 valence electrons. The number of rotatable bonds is 8. The number of hydrogen-bond donors (Lipinski definition) is 1. The molecule has 0 saturated heterocycles. The van der Waals surface area contributed by atoms with Gasteiger partial charge in [-0.05, 0) is 50.6 Å². The van der Waals surface area contributed by atoms with Gasteiger partial charge < -0.3 is 14.8 Å². The first-order valence-corrected chi connectivity index (χ1v) is 13.5. The molecule has 1 aliphatic heterocycles. The Balaban J connectivity index is 1.91. The lowest BCUT2D eigenvalue weighted by Gasteiger charge is -2.39. The number of aryl methyl sites for hydroxylation is 1. The van der Waals surface area contributed by atoms with Gasteiger partial charge >= 0.3 is 11.9 Å². The molecule has 1 aromatic carbocycles. The van der Waals surface area contributed by atoms with Crippen LogP contribution in [0.25, 0.3) is 0 Å². The van der Waals surface area contributed by atoms with Crippen LogP contribution in [-0.2, 0) is 23.9 Å². The highest BCUT2D eigenvalue weighted by Gasteiger charge is 2.49. The predicted octanol–water partition coefficient (Wildman–Crippen LogP) is 5.55. The third kappa shape index (κ3) is 4.89. The number of benzene rings is 1. The number of carbonyl (C=O) groups excluding carboxylic acids is 3. The number of allylic oxidation sites excluding steroid dienone is 3. The van der Waals surface area contributed by atoms with Crippen molar-refractivity contribution in [3.63, 3.8) is 0 Å². The number of ether oxygens (including phenoxy) is 2. The normalized spacial score (nSPS) is 21.7. The molecule has 1 aromatic heterocycles. The van der Waals surface area contributed by atoms with Crippen molar-refractivity contribution in [3.8, 4) is 0 Å². The smallest absolute Gasteiger partial charge is 0.336 e. The Morgan fingerprint density at radius 2 is 1.78 bits per heavy atom. The fourth-order valence-corrected chi connectivity index (χ4v) is 6.07. The van der Waals surface area contributed by atoms with Crippen molar-refractivity contribution < 1.29 is 23.9 Å². The van der Waals surface area contributed by atoms with Gasteiger partial charge in [-0.3, -0.25) is 9.59 Å². The van der Waals surface area contributed by atoms with Gasteiger partial charge in [-0.2, -0.15) is 0 Å². The Hall–Kier alpha value is -3.19. The Morgan fingerprint density at radius 3 is 2.39 bits per heavy atom.